The number of ether oxygens (including phenoxy) is 3. The van der Waals surface area contributed by atoms with Crippen molar-refractivity contribution in [2.24, 2.45) is 0 Å². The van der Waals surface area contributed by atoms with Gasteiger partial charge in [-0.05, 0) is 60.2 Å². The third-order valence-corrected chi connectivity index (χ3v) is 4.80. The molecule has 0 saturated heterocycles. The molecule has 0 saturated carbocycles. The van der Waals surface area contributed by atoms with E-state index >= 15 is 0 Å². The van der Waals surface area contributed by atoms with E-state index in [0.717, 1.165) is 10.0 Å². The Bertz CT molecular complexity index is 1070. The average Bonchev–Trinajstić information content (AvgIpc) is 2.78. The average molecular weight is 467 g/mol. The molecule has 0 aliphatic rings. The zero-order valence-corrected chi connectivity index (χ0v) is 18.0. The van der Waals surface area contributed by atoms with Crippen molar-refractivity contribution in [1.82, 2.24) is 0 Å². The summed E-state index contributed by atoms with van der Waals surface area (Å²) in [5.74, 6) is 0.843. The number of esters is 1. The molecule has 0 spiro atoms. The Labute approximate surface area is 183 Å². The van der Waals surface area contributed by atoms with Gasteiger partial charge in [-0.3, -0.25) is 4.79 Å². The molecule has 3 rings (SSSR count). The molecule has 0 heterocycles. The van der Waals surface area contributed by atoms with E-state index in [1.165, 1.54) is 13.2 Å². The fourth-order valence-corrected chi connectivity index (χ4v) is 2.93. The molecule has 0 bridgehead atoms. The lowest BCUT2D eigenvalue weighted by molar-refractivity contribution is 0.0734. The Morgan fingerprint density at radius 2 is 1.50 bits per heavy atom. The van der Waals surface area contributed by atoms with Gasteiger partial charge in [-0.2, -0.15) is 0 Å². The Kier molecular flexibility index (Phi) is 7.03. The van der Waals surface area contributed by atoms with Crippen LogP contribution >= 0.6 is 15.9 Å². The number of hydrogen-bond donors (Lipinski definition) is 0. The number of methoxy groups -OCH3 is 2. The summed E-state index contributed by atoms with van der Waals surface area (Å²) in [6, 6.07) is 18.8. The van der Waals surface area contributed by atoms with Gasteiger partial charge in [0, 0.05) is 10.5 Å². The van der Waals surface area contributed by atoms with Crippen molar-refractivity contribution >= 4 is 33.8 Å². The molecule has 0 N–H and O–H groups in total. The first-order valence-corrected chi connectivity index (χ1v) is 9.81. The fourth-order valence-electron chi connectivity index (χ4n) is 2.66. The van der Waals surface area contributed by atoms with Crippen LogP contribution in [-0.2, 0) is 0 Å². The summed E-state index contributed by atoms with van der Waals surface area (Å²) in [5.41, 5.74) is 1.69. The zero-order valence-electron chi connectivity index (χ0n) is 16.4. The van der Waals surface area contributed by atoms with Crippen molar-refractivity contribution in [3.8, 4) is 17.2 Å². The second-order valence-electron chi connectivity index (χ2n) is 6.23. The molecule has 0 fully saturated rings. The minimum atomic E-state index is -0.437. The third-order valence-electron chi connectivity index (χ3n) is 4.27. The SMILES string of the molecule is COc1ccc(C(=O)/C=C/c2ccc(OC(=O)c3ccc(Br)cc3)cc2)c(OC)c1. The molecule has 3 aromatic rings. The Balaban J connectivity index is 1.66. The van der Waals surface area contributed by atoms with E-state index in [2.05, 4.69) is 15.9 Å². The van der Waals surface area contributed by atoms with Crippen LogP contribution < -0.4 is 14.2 Å². The van der Waals surface area contributed by atoms with Gasteiger partial charge in [-0.15, -0.1) is 0 Å². The normalized spacial score (nSPS) is 10.6. The highest BCUT2D eigenvalue weighted by Crippen LogP contribution is 2.25. The summed E-state index contributed by atoms with van der Waals surface area (Å²) in [6.45, 7) is 0. The first-order valence-electron chi connectivity index (χ1n) is 9.02. The quantitative estimate of drug-likeness (QED) is 0.197. The van der Waals surface area contributed by atoms with Gasteiger partial charge in [-0.1, -0.05) is 34.1 Å². The van der Waals surface area contributed by atoms with Crippen LogP contribution in [0.25, 0.3) is 6.08 Å². The molecule has 0 radical (unpaired) electrons. The van der Waals surface area contributed by atoms with Crippen LogP contribution in [0.5, 0.6) is 17.2 Å². The van der Waals surface area contributed by atoms with Crippen LogP contribution in [0.15, 0.2) is 77.3 Å². The molecule has 0 atom stereocenters. The summed E-state index contributed by atoms with van der Waals surface area (Å²) < 4.78 is 16.7. The van der Waals surface area contributed by atoms with Crippen LogP contribution in [0.4, 0.5) is 0 Å². The lowest BCUT2D eigenvalue weighted by atomic mass is 10.1. The minimum absolute atomic E-state index is 0.194. The van der Waals surface area contributed by atoms with Crippen LogP contribution in [-0.4, -0.2) is 26.0 Å². The van der Waals surface area contributed by atoms with Crippen molar-refractivity contribution in [3.63, 3.8) is 0 Å². The van der Waals surface area contributed by atoms with Gasteiger partial charge in [0.2, 0.25) is 0 Å². The molecule has 6 heteroatoms. The molecule has 152 valence electrons. The molecule has 3 aromatic carbocycles. The fraction of sp³-hybridized carbons (Fsp3) is 0.0833. The number of carbonyl (C=O) groups is 2. The molecule has 0 aliphatic heterocycles. The van der Waals surface area contributed by atoms with Crippen molar-refractivity contribution < 1.29 is 23.8 Å². The number of allylic oxidation sites excluding steroid dienone is 1. The topological polar surface area (TPSA) is 61.8 Å². The summed E-state index contributed by atoms with van der Waals surface area (Å²) in [6.07, 6.45) is 3.15. The lowest BCUT2D eigenvalue weighted by Crippen LogP contribution is -2.08. The molecular formula is C24H19BrO5. The molecule has 0 unspecified atom stereocenters. The van der Waals surface area contributed by atoms with E-state index in [4.69, 9.17) is 14.2 Å². The first kappa shape index (κ1) is 21.3. The molecule has 30 heavy (non-hydrogen) atoms. The van der Waals surface area contributed by atoms with Gasteiger partial charge >= 0.3 is 5.97 Å². The van der Waals surface area contributed by atoms with Gasteiger partial charge < -0.3 is 14.2 Å². The second-order valence-corrected chi connectivity index (χ2v) is 7.14. The van der Waals surface area contributed by atoms with Gasteiger partial charge in [-0.25, -0.2) is 4.79 Å². The molecule has 5 nitrogen and oxygen atoms in total. The number of halogens is 1. The van der Waals surface area contributed by atoms with E-state index in [9.17, 15) is 9.59 Å². The predicted octanol–water partition coefficient (Wildman–Crippen LogP) is 5.58. The maximum Gasteiger partial charge on any atom is 0.343 e. The highest BCUT2D eigenvalue weighted by atomic mass is 79.9. The smallest absolute Gasteiger partial charge is 0.343 e. The first-order chi connectivity index (χ1) is 14.5. The molecule has 0 aromatic heterocycles. The van der Waals surface area contributed by atoms with Gasteiger partial charge in [0.15, 0.2) is 5.78 Å². The predicted molar refractivity (Wildman–Crippen MR) is 118 cm³/mol. The maximum absolute atomic E-state index is 12.5. The van der Waals surface area contributed by atoms with E-state index in [0.29, 0.717) is 28.4 Å². The van der Waals surface area contributed by atoms with Crippen molar-refractivity contribution in [1.29, 1.82) is 0 Å². The Morgan fingerprint density at radius 1 is 0.833 bits per heavy atom. The van der Waals surface area contributed by atoms with Crippen LogP contribution in [0.1, 0.15) is 26.3 Å². The van der Waals surface area contributed by atoms with E-state index in [1.807, 2.05) is 0 Å². The summed E-state index contributed by atoms with van der Waals surface area (Å²) in [5, 5.41) is 0. The number of rotatable bonds is 7. The highest BCUT2D eigenvalue weighted by molar-refractivity contribution is 9.10. The van der Waals surface area contributed by atoms with Crippen molar-refractivity contribution in [3.05, 3.63) is 94.0 Å². The van der Waals surface area contributed by atoms with E-state index in [1.54, 1.807) is 79.9 Å². The third kappa shape index (κ3) is 5.36. The molecule has 0 aliphatic carbocycles. The lowest BCUT2D eigenvalue weighted by Gasteiger charge is -2.08. The second kappa shape index (κ2) is 9.89. The van der Waals surface area contributed by atoms with Crippen LogP contribution in [0.2, 0.25) is 0 Å². The molecule has 0 amide bonds. The monoisotopic (exact) mass is 466 g/mol. The van der Waals surface area contributed by atoms with Crippen LogP contribution in [0.3, 0.4) is 0 Å². The van der Waals surface area contributed by atoms with Gasteiger partial charge in [0.05, 0.1) is 25.3 Å². The zero-order chi connectivity index (χ0) is 21.5. The summed E-state index contributed by atoms with van der Waals surface area (Å²) >= 11 is 3.33. The highest BCUT2D eigenvalue weighted by Gasteiger charge is 2.11. The van der Waals surface area contributed by atoms with E-state index < -0.39 is 5.97 Å². The van der Waals surface area contributed by atoms with E-state index in [-0.39, 0.29) is 5.78 Å². The largest absolute Gasteiger partial charge is 0.497 e. The van der Waals surface area contributed by atoms with Crippen molar-refractivity contribution in [2.75, 3.05) is 14.2 Å². The maximum atomic E-state index is 12.5. The summed E-state index contributed by atoms with van der Waals surface area (Å²) in [4.78, 5) is 24.7. The van der Waals surface area contributed by atoms with Crippen LogP contribution in [0, 0.1) is 0 Å². The number of hydrogen-bond acceptors (Lipinski definition) is 5. The minimum Gasteiger partial charge on any atom is -0.497 e. The number of benzene rings is 3. The number of carbonyl (C=O) groups excluding carboxylic acids is 2. The Hall–Kier alpha value is -3.38. The Morgan fingerprint density at radius 3 is 2.13 bits per heavy atom. The van der Waals surface area contributed by atoms with Gasteiger partial charge in [0.1, 0.15) is 17.2 Å². The number of ketones is 1. The summed E-state index contributed by atoms with van der Waals surface area (Å²) in [7, 11) is 3.06. The standard InChI is InChI=1S/C24H19BrO5/c1-28-20-12-13-21(23(15-20)29-2)22(26)14-5-16-3-10-19(11-4-16)30-24(27)17-6-8-18(25)9-7-17/h3-15H,1-2H3/b14-5+. The van der Waals surface area contributed by atoms with Crippen molar-refractivity contribution in [2.45, 2.75) is 0 Å². The van der Waals surface area contributed by atoms with Gasteiger partial charge in [0.25, 0.3) is 0 Å². The molecular weight excluding hydrogens is 448 g/mol.